The first-order chi connectivity index (χ1) is 9.15. The van der Waals surface area contributed by atoms with Crippen LogP contribution in [0.2, 0.25) is 0 Å². The molecule has 3 rings (SSSR count). The van der Waals surface area contributed by atoms with Crippen molar-refractivity contribution in [3.05, 3.63) is 21.5 Å². The first-order valence-electron chi connectivity index (χ1n) is 6.91. The lowest BCUT2D eigenvalue weighted by Gasteiger charge is -2.16. The highest BCUT2D eigenvalue weighted by molar-refractivity contribution is 9.10. The summed E-state index contributed by atoms with van der Waals surface area (Å²) in [6.07, 6.45) is 8.18. The maximum absolute atomic E-state index is 5.50. The Balaban J connectivity index is 2.04. The van der Waals surface area contributed by atoms with Crippen molar-refractivity contribution in [2.75, 3.05) is 0 Å². The third-order valence-corrected chi connectivity index (χ3v) is 4.85. The Labute approximate surface area is 126 Å². The number of aromatic amines is 1. The van der Waals surface area contributed by atoms with Gasteiger partial charge in [0.25, 0.3) is 0 Å². The van der Waals surface area contributed by atoms with Gasteiger partial charge in [-0.15, -0.1) is 0 Å². The molecule has 5 heteroatoms. The summed E-state index contributed by atoms with van der Waals surface area (Å²) in [5.74, 6) is 0.839. The van der Waals surface area contributed by atoms with Crippen molar-refractivity contribution in [3.63, 3.8) is 0 Å². The molecule has 102 valence electrons. The molecule has 2 atom stereocenters. The van der Waals surface area contributed by atoms with E-state index in [2.05, 4.69) is 37.4 Å². The molecule has 2 heterocycles. The van der Waals surface area contributed by atoms with Crippen LogP contribution in [0, 0.1) is 10.7 Å². The number of halogens is 1. The molecule has 1 aliphatic rings. The number of hydrogen-bond acceptors (Lipinski definition) is 2. The van der Waals surface area contributed by atoms with Crippen molar-refractivity contribution >= 4 is 39.3 Å². The van der Waals surface area contributed by atoms with Gasteiger partial charge in [-0.25, -0.2) is 4.98 Å². The second-order valence-corrected chi connectivity index (χ2v) is 6.89. The summed E-state index contributed by atoms with van der Waals surface area (Å²) in [7, 11) is 0. The molecule has 0 amide bonds. The molecule has 0 spiro atoms. The highest BCUT2D eigenvalue weighted by atomic mass is 79.9. The van der Waals surface area contributed by atoms with Gasteiger partial charge in [-0.3, -0.25) is 4.57 Å². The number of aromatic nitrogens is 3. The minimum Gasteiger partial charge on any atom is -0.329 e. The number of pyridine rings is 1. The molecular weight excluding hydrogens is 322 g/mol. The minimum absolute atomic E-state index is 0.500. The molecule has 19 heavy (non-hydrogen) atoms. The summed E-state index contributed by atoms with van der Waals surface area (Å²) >= 11 is 8.96. The molecule has 2 aromatic heterocycles. The Morgan fingerprint density at radius 2 is 2.21 bits per heavy atom. The first-order valence-corrected chi connectivity index (χ1v) is 8.11. The van der Waals surface area contributed by atoms with E-state index in [-0.39, 0.29) is 0 Å². The number of nitrogens with one attached hydrogen (secondary N) is 1. The van der Waals surface area contributed by atoms with E-state index in [9.17, 15) is 0 Å². The average Bonchev–Trinajstić information content (AvgIpc) is 2.54. The fourth-order valence-corrected chi connectivity index (χ4v) is 3.73. The summed E-state index contributed by atoms with van der Waals surface area (Å²) in [6, 6.07) is 2.55. The van der Waals surface area contributed by atoms with Crippen LogP contribution in [0.4, 0.5) is 0 Å². The van der Waals surface area contributed by atoms with Gasteiger partial charge >= 0.3 is 0 Å². The van der Waals surface area contributed by atoms with Crippen LogP contribution in [0.15, 0.2) is 16.7 Å². The second-order valence-electron chi connectivity index (χ2n) is 5.59. The topological polar surface area (TPSA) is 33.6 Å². The standard InChI is InChI=1S/C14H18BrN3S/c1-9-3-2-4-11(6-5-9)18-13-12(17-14(18)19)7-10(15)8-16-13/h7-9,11H,2-6H2,1H3,(H,17,19). The quantitative estimate of drug-likeness (QED) is 0.586. The molecule has 0 aliphatic heterocycles. The predicted molar refractivity (Wildman–Crippen MR) is 83.9 cm³/mol. The summed E-state index contributed by atoms with van der Waals surface area (Å²) < 4.78 is 4.02. The Morgan fingerprint density at radius 3 is 3.05 bits per heavy atom. The van der Waals surface area contributed by atoms with Crippen molar-refractivity contribution in [1.29, 1.82) is 0 Å². The van der Waals surface area contributed by atoms with Gasteiger partial charge in [0, 0.05) is 16.7 Å². The maximum atomic E-state index is 5.50. The van der Waals surface area contributed by atoms with Crippen LogP contribution < -0.4 is 0 Å². The van der Waals surface area contributed by atoms with Crippen LogP contribution in [0.1, 0.15) is 45.1 Å². The number of fused-ring (bicyclic) bond motifs is 1. The van der Waals surface area contributed by atoms with Gasteiger partial charge in [-0.1, -0.05) is 19.8 Å². The molecule has 1 N–H and O–H groups in total. The van der Waals surface area contributed by atoms with E-state index in [1.54, 1.807) is 0 Å². The molecule has 3 nitrogen and oxygen atoms in total. The smallest absolute Gasteiger partial charge is 0.179 e. The lowest BCUT2D eigenvalue weighted by molar-refractivity contribution is 0.436. The van der Waals surface area contributed by atoms with Crippen molar-refractivity contribution in [2.45, 2.75) is 45.1 Å². The number of nitrogens with zero attached hydrogens (tertiary/aromatic N) is 2. The summed E-state index contributed by atoms with van der Waals surface area (Å²) in [4.78, 5) is 7.83. The summed E-state index contributed by atoms with van der Waals surface area (Å²) in [5.41, 5.74) is 2.02. The van der Waals surface area contributed by atoms with Gasteiger partial charge in [-0.05, 0) is 59.4 Å². The monoisotopic (exact) mass is 339 g/mol. The molecule has 1 aliphatic carbocycles. The Hall–Kier alpha value is -0.680. The van der Waals surface area contributed by atoms with E-state index < -0.39 is 0 Å². The molecule has 2 aromatic rings. The zero-order chi connectivity index (χ0) is 13.4. The van der Waals surface area contributed by atoms with E-state index in [4.69, 9.17) is 12.2 Å². The van der Waals surface area contributed by atoms with Crippen molar-refractivity contribution in [2.24, 2.45) is 5.92 Å². The van der Waals surface area contributed by atoms with Gasteiger partial charge in [0.1, 0.15) is 0 Å². The highest BCUT2D eigenvalue weighted by Crippen LogP contribution is 2.32. The van der Waals surface area contributed by atoms with Gasteiger partial charge in [0.15, 0.2) is 10.4 Å². The zero-order valence-electron chi connectivity index (χ0n) is 11.0. The van der Waals surface area contributed by atoms with Crippen LogP contribution in [0.25, 0.3) is 11.2 Å². The normalized spacial score (nSPS) is 24.5. The van der Waals surface area contributed by atoms with Crippen molar-refractivity contribution in [3.8, 4) is 0 Å². The molecule has 1 fully saturated rings. The van der Waals surface area contributed by atoms with E-state index >= 15 is 0 Å². The van der Waals surface area contributed by atoms with Gasteiger partial charge in [0.05, 0.1) is 5.52 Å². The third-order valence-electron chi connectivity index (χ3n) is 4.11. The predicted octanol–water partition coefficient (Wildman–Crippen LogP) is 5.00. The molecule has 0 saturated heterocycles. The molecule has 2 unspecified atom stereocenters. The minimum atomic E-state index is 0.500. The molecule has 0 radical (unpaired) electrons. The SMILES string of the molecule is CC1CCCC(n2c(=S)[nH]c3cc(Br)cnc32)CC1. The lowest BCUT2D eigenvalue weighted by Crippen LogP contribution is -2.09. The van der Waals surface area contributed by atoms with Crippen LogP contribution in [0.5, 0.6) is 0 Å². The van der Waals surface area contributed by atoms with Gasteiger partial charge in [0.2, 0.25) is 0 Å². The van der Waals surface area contributed by atoms with Crippen molar-refractivity contribution in [1.82, 2.24) is 14.5 Å². The zero-order valence-corrected chi connectivity index (χ0v) is 13.4. The van der Waals surface area contributed by atoms with E-state index in [0.29, 0.717) is 6.04 Å². The van der Waals surface area contributed by atoms with E-state index in [0.717, 1.165) is 26.3 Å². The van der Waals surface area contributed by atoms with Crippen LogP contribution in [-0.2, 0) is 0 Å². The highest BCUT2D eigenvalue weighted by Gasteiger charge is 2.20. The van der Waals surface area contributed by atoms with Crippen LogP contribution in [0.3, 0.4) is 0 Å². The third kappa shape index (κ3) is 2.63. The average molecular weight is 340 g/mol. The molecule has 0 aromatic carbocycles. The maximum Gasteiger partial charge on any atom is 0.179 e. The largest absolute Gasteiger partial charge is 0.329 e. The van der Waals surface area contributed by atoms with Crippen molar-refractivity contribution < 1.29 is 0 Å². The number of hydrogen-bond donors (Lipinski definition) is 1. The first kappa shape index (κ1) is 13.3. The Morgan fingerprint density at radius 1 is 1.37 bits per heavy atom. The molecule has 0 bridgehead atoms. The van der Waals surface area contributed by atoms with Gasteiger partial charge in [-0.2, -0.15) is 0 Å². The van der Waals surface area contributed by atoms with Crippen LogP contribution in [-0.4, -0.2) is 14.5 Å². The second kappa shape index (κ2) is 5.37. The number of H-pyrrole nitrogens is 1. The molecule has 1 saturated carbocycles. The number of imidazole rings is 1. The number of rotatable bonds is 1. The van der Waals surface area contributed by atoms with Crippen LogP contribution >= 0.6 is 28.1 Å². The van der Waals surface area contributed by atoms with E-state index in [1.807, 2.05) is 12.3 Å². The Bertz CT molecular complexity index is 646. The summed E-state index contributed by atoms with van der Waals surface area (Å²) in [5, 5.41) is 0. The lowest BCUT2D eigenvalue weighted by atomic mass is 10.0. The molecular formula is C14H18BrN3S. The Kier molecular flexibility index (Phi) is 3.76. The fraction of sp³-hybridized carbons (Fsp3) is 0.571. The summed E-state index contributed by atoms with van der Waals surface area (Å²) in [6.45, 7) is 2.35. The van der Waals surface area contributed by atoms with E-state index in [1.165, 1.54) is 32.1 Å². The fourth-order valence-electron chi connectivity index (χ4n) is 3.05. The van der Waals surface area contributed by atoms with Gasteiger partial charge < -0.3 is 4.98 Å².